The van der Waals surface area contributed by atoms with Gasteiger partial charge in [-0.15, -0.1) is 0 Å². The number of hydrogen-bond donors (Lipinski definition) is 0. The molecular weight excluding hydrogens is 745 g/mol. The van der Waals surface area contributed by atoms with Gasteiger partial charge in [0.05, 0.1) is 0 Å². The van der Waals surface area contributed by atoms with E-state index in [1.165, 1.54) is 167 Å². The minimum Gasteiger partial charge on any atom is -0.462 e. The molecule has 0 aromatic carbocycles. The summed E-state index contributed by atoms with van der Waals surface area (Å²) in [7, 11) is 0. The number of ether oxygens (including phenoxy) is 3. The van der Waals surface area contributed by atoms with Crippen LogP contribution in [0.3, 0.4) is 0 Å². The van der Waals surface area contributed by atoms with E-state index in [-0.39, 0.29) is 31.1 Å². The first-order valence-electron chi connectivity index (χ1n) is 26.3. The topological polar surface area (TPSA) is 78.9 Å². The van der Waals surface area contributed by atoms with Crippen molar-refractivity contribution in [2.75, 3.05) is 13.2 Å². The Labute approximate surface area is 373 Å². The fourth-order valence-corrected chi connectivity index (χ4v) is 7.70. The zero-order valence-corrected chi connectivity index (χ0v) is 40.2. The molecule has 0 aliphatic carbocycles. The second-order valence-corrected chi connectivity index (χ2v) is 17.8. The van der Waals surface area contributed by atoms with Gasteiger partial charge < -0.3 is 14.2 Å². The molecular formula is C54H100O6. The Balaban J connectivity index is 4.35. The van der Waals surface area contributed by atoms with Crippen LogP contribution in [0.1, 0.15) is 284 Å². The number of rotatable bonds is 48. The predicted octanol–water partition coefficient (Wildman–Crippen LogP) is 17.2. The Morgan fingerprint density at radius 2 is 0.617 bits per heavy atom. The number of hydrogen-bond acceptors (Lipinski definition) is 6. The lowest BCUT2D eigenvalue weighted by molar-refractivity contribution is -0.167. The Kier molecular flexibility index (Phi) is 47.8. The number of esters is 3. The van der Waals surface area contributed by atoms with E-state index in [9.17, 15) is 14.4 Å². The summed E-state index contributed by atoms with van der Waals surface area (Å²) >= 11 is 0. The maximum Gasteiger partial charge on any atom is 0.306 e. The minimum absolute atomic E-state index is 0.0706. The average Bonchev–Trinajstić information content (AvgIpc) is 3.24. The molecule has 0 aromatic heterocycles. The van der Waals surface area contributed by atoms with E-state index in [0.29, 0.717) is 19.3 Å². The molecule has 0 radical (unpaired) electrons. The molecule has 1 atom stereocenters. The lowest BCUT2D eigenvalue weighted by Gasteiger charge is -2.18. The Morgan fingerprint density at radius 1 is 0.333 bits per heavy atom. The van der Waals surface area contributed by atoms with E-state index in [1.807, 2.05) is 0 Å². The summed E-state index contributed by atoms with van der Waals surface area (Å²) < 4.78 is 16.8. The molecule has 0 rings (SSSR count). The van der Waals surface area contributed by atoms with Gasteiger partial charge in [-0.05, 0) is 44.9 Å². The molecule has 6 nitrogen and oxygen atoms in total. The van der Waals surface area contributed by atoms with Crippen molar-refractivity contribution in [3.63, 3.8) is 0 Å². The van der Waals surface area contributed by atoms with Crippen molar-refractivity contribution >= 4 is 17.9 Å². The van der Waals surface area contributed by atoms with E-state index in [0.717, 1.165) is 77.0 Å². The molecule has 0 fully saturated rings. The number of allylic oxidation sites excluding steroid dienone is 4. The third kappa shape index (κ3) is 46.9. The molecule has 0 saturated carbocycles. The molecule has 0 saturated heterocycles. The van der Waals surface area contributed by atoms with Gasteiger partial charge in [0.15, 0.2) is 6.10 Å². The van der Waals surface area contributed by atoms with Crippen LogP contribution in [0.4, 0.5) is 0 Å². The zero-order chi connectivity index (χ0) is 43.7. The molecule has 352 valence electrons. The third-order valence-electron chi connectivity index (χ3n) is 11.7. The maximum atomic E-state index is 12.8. The van der Waals surface area contributed by atoms with Crippen LogP contribution in [0.2, 0.25) is 0 Å². The molecule has 0 aliphatic heterocycles. The summed E-state index contributed by atoms with van der Waals surface area (Å²) in [6.07, 6.45) is 55.8. The SMILES string of the molecule is CCCC/C=C\C/C=C\CCCCCCCC(=O)OC[C@@H](COC(=O)CCCCCCCCCCCCCCCC)OC(=O)CCCCCCCCCCCCCCCC. The predicted molar refractivity (Wildman–Crippen MR) is 256 cm³/mol. The number of carbonyl (C=O) groups is 3. The fourth-order valence-electron chi connectivity index (χ4n) is 7.70. The summed E-state index contributed by atoms with van der Waals surface area (Å²) in [5, 5.41) is 0. The molecule has 6 heteroatoms. The van der Waals surface area contributed by atoms with E-state index in [1.54, 1.807) is 0 Å². The van der Waals surface area contributed by atoms with E-state index >= 15 is 0 Å². The van der Waals surface area contributed by atoms with Gasteiger partial charge in [-0.1, -0.05) is 244 Å². The van der Waals surface area contributed by atoms with Crippen LogP contribution >= 0.6 is 0 Å². The molecule has 0 N–H and O–H groups in total. The third-order valence-corrected chi connectivity index (χ3v) is 11.7. The van der Waals surface area contributed by atoms with Crippen molar-refractivity contribution < 1.29 is 28.6 Å². The summed E-state index contributed by atoms with van der Waals surface area (Å²) in [6, 6.07) is 0. The van der Waals surface area contributed by atoms with Crippen LogP contribution in [0.5, 0.6) is 0 Å². The first kappa shape index (κ1) is 57.9. The second-order valence-electron chi connectivity index (χ2n) is 17.8. The van der Waals surface area contributed by atoms with E-state index < -0.39 is 6.10 Å². The van der Waals surface area contributed by atoms with Crippen LogP contribution in [0.25, 0.3) is 0 Å². The molecule has 0 amide bonds. The maximum absolute atomic E-state index is 12.8. The molecule has 0 unspecified atom stereocenters. The zero-order valence-electron chi connectivity index (χ0n) is 40.2. The lowest BCUT2D eigenvalue weighted by atomic mass is 10.0. The number of carbonyl (C=O) groups excluding carboxylic acids is 3. The highest BCUT2D eigenvalue weighted by Crippen LogP contribution is 2.16. The van der Waals surface area contributed by atoms with Gasteiger partial charge in [0, 0.05) is 19.3 Å². The van der Waals surface area contributed by atoms with Crippen LogP contribution in [-0.2, 0) is 28.6 Å². The lowest BCUT2D eigenvalue weighted by Crippen LogP contribution is -2.30. The molecule has 0 aromatic rings. The van der Waals surface area contributed by atoms with Gasteiger partial charge >= 0.3 is 17.9 Å². The van der Waals surface area contributed by atoms with Gasteiger partial charge in [-0.2, -0.15) is 0 Å². The normalized spacial score (nSPS) is 12.1. The standard InChI is InChI=1S/C54H100O6/c1-4-7-10-13-16-19-22-25-28-31-34-37-40-43-46-52(55)58-49-51(60-54(57)48-45-42-39-36-33-30-27-24-21-18-15-12-9-6-3)50-59-53(56)47-44-41-38-35-32-29-26-23-20-17-14-11-8-5-2/h13,16,22,25,51H,4-12,14-15,17-21,23-24,26-50H2,1-3H3/b16-13-,25-22-/t51-/m0/s1. The molecule has 0 bridgehead atoms. The second kappa shape index (κ2) is 49.5. The van der Waals surface area contributed by atoms with Crippen LogP contribution < -0.4 is 0 Å². The quantitative estimate of drug-likeness (QED) is 0.0263. The Morgan fingerprint density at radius 3 is 0.967 bits per heavy atom. The van der Waals surface area contributed by atoms with Gasteiger partial charge in [-0.25, -0.2) is 0 Å². The Bertz CT molecular complexity index is 973. The molecule has 0 spiro atoms. The Hall–Kier alpha value is -2.11. The monoisotopic (exact) mass is 845 g/mol. The largest absolute Gasteiger partial charge is 0.462 e. The van der Waals surface area contributed by atoms with Crippen molar-refractivity contribution in [3.8, 4) is 0 Å². The van der Waals surface area contributed by atoms with Crippen LogP contribution in [0.15, 0.2) is 24.3 Å². The first-order chi connectivity index (χ1) is 29.5. The number of unbranched alkanes of at least 4 members (excludes halogenated alkanes) is 33. The minimum atomic E-state index is -0.770. The van der Waals surface area contributed by atoms with Crippen molar-refractivity contribution in [1.82, 2.24) is 0 Å². The van der Waals surface area contributed by atoms with Crippen LogP contribution in [-0.4, -0.2) is 37.2 Å². The van der Waals surface area contributed by atoms with Gasteiger partial charge in [0.25, 0.3) is 0 Å². The summed E-state index contributed by atoms with van der Waals surface area (Å²) in [4.78, 5) is 38.0. The highest BCUT2D eigenvalue weighted by atomic mass is 16.6. The highest BCUT2D eigenvalue weighted by molar-refractivity contribution is 5.71. The van der Waals surface area contributed by atoms with Gasteiger partial charge in [0.1, 0.15) is 13.2 Å². The fraction of sp³-hybridized carbons (Fsp3) is 0.870. The van der Waals surface area contributed by atoms with E-state index in [4.69, 9.17) is 14.2 Å². The smallest absolute Gasteiger partial charge is 0.306 e. The van der Waals surface area contributed by atoms with E-state index in [2.05, 4.69) is 45.1 Å². The molecule has 0 heterocycles. The summed E-state index contributed by atoms with van der Waals surface area (Å²) in [6.45, 7) is 6.62. The summed E-state index contributed by atoms with van der Waals surface area (Å²) in [5.74, 6) is -0.869. The first-order valence-corrected chi connectivity index (χ1v) is 26.3. The van der Waals surface area contributed by atoms with Gasteiger partial charge in [0.2, 0.25) is 0 Å². The average molecular weight is 845 g/mol. The molecule has 60 heavy (non-hydrogen) atoms. The molecule has 0 aliphatic rings. The summed E-state index contributed by atoms with van der Waals surface area (Å²) in [5.41, 5.74) is 0. The van der Waals surface area contributed by atoms with Crippen molar-refractivity contribution in [1.29, 1.82) is 0 Å². The van der Waals surface area contributed by atoms with Crippen molar-refractivity contribution in [2.45, 2.75) is 290 Å². The highest BCUT2D eigenvalue weighted by Gasteiger charge is 2.19. The van der Waals surface area contributed by atoms with Crippen molar-refractivity contribution in [3.05, 3.63) is 24.3 Å². The van der Waals surface area contributed by atoms with Crippen molar-refractivity contribution in [2.24, 2.45) is 0 Å². The van der Waals surface area contributed by atoms with Gasteiger partial charge in [-0.3, -0.25) is 14.4 Å². The van der Waals surface area contributed by atoms with Crippen LogP contribution in [0, 0.1) is 0 Å².